The van der Waals surface area contributed by atoms with E-state index in [1.165, 1.54) is 5.56 Å². The summed E-state index contributed by atoms with van der Waals surface area (Å²) < 4.78 is 1.79. The van der Waals surface area contributed by atoms with Gasteiger partial charge in [-0.15, -0.1) is 6.42 Å². The van der Waals surface area contributed by atoms with Crippen molar-refractivity contribution in [2.24, 2.45) is 5.92 Å². The lowest BCUT2D eigenvalue weighted by Gasteiger charge is -1.99. The molecule has 2 nitrogen and oxygen atoms in total. The summed E-state index contributed by atoms with van der Waals surface area (Å²) in [5.74, 6) is 3.23. The molecule has 0 saturated heterocycles. The van der Waals surface area contributed by atoms with E-state index in [2.05, 4.69) is 24.9 Å². The first kappa shape index (κ1) is 8.86. The van der Waals surface area contributed by atoms with Gasteiger partial charge >= 0.3 is 0 Å². The van der Waals surface area contributed by atoms with E-state index in [0.717, 1.165) is 6.42 Å². The van der Waals surface area contributed by atoms with Gasteiger partial charge in [0.2, 0.25) is 0 Å². The highest BCUT2D eigenvalue weighted by Gasteiger charge is 1.99. The van der Waals surface area contributed by atoms with E-state index in [1.807, 2.05) is 12.4 Å². The quantitative estimate of drug-likeness (QED) is 0.619. The van der Waals surface area contributed by atoms with Crippen molar-refractivity contribution in [3.05, 3.63) is 18.0 Å². The molecule has 0 atom stereocenters. The Labute approximate surface area is 73.6 Å². The summed E-state index contributed by atoms with van der Waals surface area (Å²) in [6, 6.07) is 0. The van der Waals surface area contributed by atoms with Gasteiger partial charge in [0.05, 0.1) is 6.20 Å². The van der Waals surface area contributed by atoms with Crippen LogP contribution >= 0.6 is 0 Å². The second-order valence-corrected chi connectivity index (χ2v) is 3.35. The molecule has 1 aromatic heterocycles. The average molecular weight is 162 g/mol. The Hall–Kier alpha value is -1.23. The monoisotopic (exact) mass is 162 g/mol. The van der Waals surface area contributed by atoms with Gasteiger partial charge in [-0.25, -0.2) is 0 Å². The zero-order valence-electron chi connectivity index (χ0n) is 7.62. The maximum Gasteiger partial charge on any atom is 0.101 e. The lowest BCUT2D eigenvalue weighted by Crippen LogP contribution is -1.95. The van der Waals surface area contributed by atoms with E-state index in [0.29, 0.717) is 12.5 Å². The summed E-state index contributed by atoms with van der Waals surface area (Å²) in [5, 5.41) is 4.13. The molecule has 1 heterocycles. The van der Waals surface area contributed by atoms with Crippen molar-refractivity contribution >= 4 is 0 Å². The number of terminal acetylenes is 1. The summed E-state index contributed by atoms with van der Waals surface area (Å²) >= 11 is 0. The van der Waals surface area contributed by atoms with Crippen LogP contribution in [-0.2, 0) is 13.0 Å². The molecule has 0 aromatic carbocycles. The maximum absolute atomic E-state index is 5.16. The van der Waals surface area contributed by atoms with Gasteiger partial charge in [0.25, 0.3) is 0 Å². The Bertz CT molecular complexity index is 278. The molecule has 0 aliphatic heterocycles. The maximum atomic E-state index is 5.16. The largest absolute Gasteiger partial charge is 0.260 e. The number of rotatable bonds is 3. The number of aromatic nitrogens is 2. The van der Waals surface area contributed by atoms with Crippen molar-refractivity contribution in [2.75, 3.05) is 0 Å². The molecular formula is C10H14N2. The van der Waals surface area contributed by atoms with Gasteiger partial charge in [0.1, 0.15) is 6.54 Å². The van der Waals surface area contributed by atoms with Gasteiger partial charge < -0.3 is 0 Å². The highest BCUT2D eigenvalue weighted by Crippen LogP contribution is 2.05. The molecule has 1 rings (SSSR count). The summed E-state index contributed by atoms with van der Waals surface area (Å²) in [5.41, 5.74) is 1.26. The molecule has 12 heavy (non-hydrogen) atoms. The molecule has 0 saturated carbocycles. The standard InChI is InChI=1S/C10H14N2/c1-4-5-12-8-10(7-11-12)6-9(2)3/h1,7-9H,5-6H2,2-3H3. The Morgan fingerprint density at radius 3 is 3.00 bits per heavy atom. The molecule has 1 aromatic rings. The third-order valence-electron chi connectivity index (χ3n) is 1.58. The number of hydrogen-bond donors (Lipinski definition) is 0. The molecular weight excluding hydrogens is 148 g/mol. The highest BCUT2D eigenvalue weighted by molar-refractivity contribution is 5.05. The van der Waals surface area contributed by atoms with Gasteiger partial charge in [0, 0.05) is 6.20 Å². The Morgan fingerprint density at radius 1 is 1.67 bits per heavy atom. The van der Waals surface area contributed by atoms with Gasteiger partial charge in [-0.3, -0.25) is 4.68 Å². The summed E-state index contributed by atoms with van der Waals surface area (Å²) in [7, 11) is 0. The van der Waals surface area contributed by atoms with Gasteiger partial charge in [0.15, 0.2) is 0 Å². The Kier molecular flexibility index (Phi) is 2.93. The first-order valence-electron chi connectivity index (χ1n) is 4.17. The van der Waals surface area contributed by atoms with Crippen LogP contribution in [0.1, 0.15) is 19.4 Å². The summed E-state index contributed by atoms with van der Waals surface area (Å²) in [6.45, 7) is 4.95. The lowest BCUT2D eigenvalue weighted by atomic mass is 10.1. The van der Waals surface area contributed by atoms with Crippen LogP contribution < -0.4 is 0 Å². The van der Waals surface area contributed by atoms with E-state index in [-0.39, 0.29) is 0 Å². The van der Waals surface area contributed by atoms with Gasteiger partial charge in [-0.1, -0.05) is 19.8 Å². The van der Waals surface area contributed by atoms with Crippen molar-refractivity contribution in [3.63, 3.8) is 0 Å². The summed E-state index contributed by atoms with van der Waals surface area (Å²) in [4.78, 5) is 0. The molecule has 0 spiro atoms. The van der Waals surface area contributed by atoms with Crippen LogP contribution in [0.25, 0.3) is 0 Å². The molecule has 64 valence electrons. The lowest BCUT2D eigenvalue weighted by molar-refractivity contribution is 0.645. The van der Waals surface area contributed by atoms with E-state index in [1.54, 1.807) is 4.68 Å². The molecule has 0 fully saturated rings. The first-order chi connectivity index (χ1) is 5.72. The van der Waals surface area contributed by atoms with Crippen molar-refractivity contribution in [1.29, 1.82) is 0 Å². The van der Waals surface area contributed by atoms with Gasteiger partial charge in [-0.05, 0) is 17.9 Å². The first-order valence-corrected chi connectivity index (χ1v) is 4.17. The van der Waals surface area contributed by atoms with Crippen LogP contribution in [0, 0.1) is 18.3 Å². The molecule has 2 heteroatoms. The smallest absolute Gasteiger partial charge is 0.101 e. The van der Waals surface area contributed by atoms with Crippen molar-refractivity contribution < 1.29 is 0 Å². The molecule has 0 aliphatic carbocycles. The summed E-state index contributed by atoms with van der Waals surface area (Å²) in [6.07, 6.45) is 10.1. The third kappa shape index (κ3) is 2.43. The van der Waals surface area contributed by atoms with Crippen LogP contribution in [-0.4, -0.2) is 9.78 Å². The topological polar surface area (TPSA) is 17.8 Å². The molecule has 0 aliphatic rings. The van der Waals surface area contributed by atoms with E-state index >= 15 is 0 Å². The fourth-order valence-electron chi connectivity index (χ4n) is 1.16. The fourth-order valence-corrected chi connectivity index (χ4v) is 1.16. The highest BCUT2D eigenvalue weighted by atomic mass is 15.3. The normalized spacial score (nSPS) is 10.2. The predicted molar refractivity (Wildman–Crippen MR) is 49.6 cm³/mol. The molecule has 0 radical (unpaired) electrons. The molecule has 0 N–H and O–H groups in total. The van der Waals surface area contributed by atoms with Crippen LogP contribution in [0.4, 0.5) is 0 Å². The predicted octanol–water partition coefficient (Wildman–Crippen LogP) is 1.71. The Balaban J connectivity index is 2.59. The zero-order valence-corrected chi connectivity index (χ0v) is 7.62. The average Bonchev–Trinajstić information content (AvgIpc) is 2.36. The number of hydrogen-bond acceptors (Lipinski definition) is 1. The van der Waals surface area contributed by atoms with E-state index < -0.39 is 0 Å². The fraction of sp³-hybridized carbons (Fsp3) is 0.500. The Morgan fingerprint density at radius 2 is 2.42 bits per heavy atom. The van der Waals surface area contributed by atoms with Gasteiger partial charge in [-0.2, -0.15) is 5.10 Å². The van der Waals surface area contributed by atoms with E-state index in [9.17, 15) is 0 Å². The minimum absolute atomic E-state index is 0.568. The third-order valence-corrected chi connectivity index (χ3v) is 1.58. The number of nitrogens with zero attached hydrogens (tertiary/aromatic N) is 2. The van der Waals surface area contributed by atoms with Crippen LogP contribution in [0.2, 0.25) is 0 Å². The van der Waals surface area contributed by atoms with Crippen molar-refractivity contribution in [3.8, 4) is 12.3 Å². The van der Waals surface area contributed by atoms with Crippen LogP contribution in [0.3, 0.4) is 0 Å². The molecule has 0 amide bonds. The second-order valence-electron chi connectivity index (χ2n) is 3.35. The van der Waals surface area contributed by atoms with Crippen LogP contribution in [0.5, 0.6) is 0 Å². The van der Waals surface area contributed by atoms with E-state index in [4.69, 9.17) is 6.42 Å². The van der Waals surface area contributed by atoms with Crippen LogP contribution in [0.15, 0.2) is 12.4 Å². The zero-order chi connectivity index (χ0) is 8.97. The molecule has 0 unspecified atom stereocenters. The minimum atomic E-state index is 0.568. The van der Waals surface area contributed by atoms with Crippen molar-refractivity contribution in [1.82, 2.24) is 9.78 Å². The SMILES string of the molecule is C#CCn1cc(CC(C)C)cn1. The second kappa shape index (κ2) is 3.96. The molecule has 0 bridgehead atoms. The van der Waals surface area contributed by atoms with Crippen molar-refractivity contribution in [2.45, 2.75) is 26.8 Å². The minimum Gasteiger partial charge on any atom is -0.260 e.